The van der Waals surface area contributed by atoms with Crippen molar-refractivity contribution in [2.75, 3.05) is 25.5 Å². The fraction of sp³-hybridized carbons (Fsp3) is 0.550. The van der Waals surface area contributed by atoms with Gasteiger partial charge in [0.1, 0.15) is 0 Å². The number of rotatable bonds is 4. The topological polar surface area (TPSA) is 32.3 Å². The monoisotopic (exact) mass is 346 g/mol. The molecule has 0 atom stereocenters. The van der Waals surface area contributed by atoms with Crippen molar-refractivity contribution in [3.63, 3.8) is 0 Å². The van der Waals surface area contributed by atoms with Crippen molar-refractivity contribution in [3.05, 3.63) is 33.9 Å². The van der Waals surface area contributed by atoms with Crippen LogP contribution in [-0.4, -0.2) is 30.9 Å². The molecule has 1 heterocycles. The third-order valence-corrected chi connectivity index (χ3v) is 5.71. The van der Waals surface area contributed by atoms with Gasteiger partial charge in [0, 0.05) is 37.3 Å². The molecule has 0 aromatic heterocycles. The number of anilines is 1. The van der Waals surface area contributed by atoms with Crippen molar-refractivity contribution in [1.82, 2.24) is 4.90 Å². The Morgan fingerprint density at radius 2 is 2.04 bits per heavy atom. The molecule has 4 heteroatoms. The molecule has 130 valence electrons. The van der Waals surface area contributed by atoms with Crippen LogP contribution in [0.5, 0.6) is 0 Å². The zero-order valence-corrected chi connectivity index (χ0v) is 15.5. The van der Waals surface area contributed by atoms with Crippen molar-refractivity contribution < 1.29 is 4.79 Å². The van der Waals surface area contributed by atoms with Gasteiger partial charge in [-0.1, -0.05) is 29.7 Å². The van der Waals surface area contributed by atoms with Gasteiger partial charge >= 0.3 is 0 Å². The minimum atomic E-state index is 0.357. The van der Waals surface area contributed by atoms with Gasteiger partial charge in [0.15, 0.2) is 0 Å². The lowest BCUT2D eigenvalue weighted by atomic mass is 9.82. The molecule has 24 heavy (non-hydrogen) atoms. The van der Waals surface area contributed by atoms with Gasteiger partial charge in [-0.3, -0.25) is 4.79 Å². The number of amides is 1. The molecule has 0 spiro atoms. The first-order chi connectivity index (χ1) is 11.6. The summed E-state index contributed by atoms with van der Waals surface area (Å²) in [5.74, 6) is 1.01. The van der Waals surface area contributed by atoms with Crippen LogP contribution < -0.4 is 5.32 Å². The largest absolute Gasteiger partial charge is 0.388 e. The van der Waals surface area contributed by atoms with Crippen LogP contribution in [-0.2, 0) is 4.79 Å². The van der Waals surface area contributed by atoms with Crippen LogP contribution in [0.1, 0.15) is 49.7 Å². The minimum Gasteiger partial charge on any atom is -0.388 e. The van der Waals surface area contributed by atoms with Crippen molar-refractivity contribution in [2.24, 2.45) is 5.92 Å². The van der Waals surface area contributed by atoms with Crippen LogP contribution >= 0.6 is 11.6 Å². The maximum Gasteiger partial charge on any atom is 0.222 e. The summed E-state index contributed by atoms with van der Waals surface area (Å²) in [7, 11) is 1.92. The lowest BCUT2D eigenvalue weighted by Crippen LogP contribution is -2.37. The average Bonchev–Trinajstić information content (AvgIpc) is 2.54. The van der Waals surface area contributed by atoms with Crippen molar-refractivity contribution in [2.45, 2.75) is 45.4 Å². The summed E-state index contributed by atoms with van der Waals surface area (Å²) in [6.45, 7) is 3.83. The zero-order chi connectivity index (χ0) is 17.1. The summed E-state index contributed by atoms with van der Waals surface area (Å²) < 4.78 is 0. The second kappa shape index (κ2) is 7.60. The number of nitrogens with one attached hydrogen (secondary N) is 1. The maximum absolute atomic E-state index is 12.3. The van der Waals surface area contributed by atoms with Crippen molar-refractivity contribution in [3.8, 4) is 0 Å². The number of hydrogen-bond acceptors (Lipinski definition) is 2. The second-order valence-electron chi connectivity index (χ2n) is 7.10. The molecule has 0 unspecified atom stereocenters. The summed E-state index contributed by atoms with van der Waals surface area (Å²) in [5, 5.41) is 3.95. The Labute approximate surface area is 150 Å². The molecule has 1 aliphatic carbocycles. The summed E-state index contributed by atoms with van der Waals surface area (Å²) in [6, 6.07) is 3.99. The molecule has 0 bridgehead atoms. The summed E-state index contributed by atoms with van der Waals surface area (Å²) in [4.78, 5) is 14.4. The van der Waals surface area contributed by atoms with E-state index in [1.54, 1.807) is 0 Å². The van der Waals surface area contributed by atoms with E-state index in [9.17, 15) is 4.79 Å². The SMILES string of the molecule is CNc1cc(Cl)cc(C=C2CCN(C(=O)CC3CCC3)CC2)c1C. The smallest absolute Gasteiger partial charge is 0.222 e. The molecule has 3 rings (SSSR count). The van der Waals surface area contributed by atoms with Gasteiger partial charge in [0.2, 0.25) is 5.91 Å². The molecular formula is C20H27ClN2O. The number of benzene rings is 1. The molecule has 1 saturated carbocycles. The molecule has 1 N–H and O–H groups in total. The van der Waals surface area contributed by atoms with Crippen LogP contribution in [0.25, 0.3) is 6.08 Å². The number of hydrogen-bond donors (Lipinski definition) is 1. The molecule has 1 saturated heterocycles. The predicted octanol–water partition coefficient (Wildman–Crippen LogP) is 4.89. The van der Waals surface area contributed by atoms with E-state index in [4.69, 9.17) is 11.6 Å². The number of nitrogens with zero attached hydrogens (tertiary/aromatic N) is 1. The lowest BCUT2D eigenvalue weighted by molar-refractivity contribution is -0.133. The molecule has 3 nitrogen and oxygen atoms in total. The van der Waals surface area contributed by atoms with E-state index < -0.39 is 0 Å². The Bertz CT molecular complexity index is 639. The predicted molar refractivity (Wildman–Crippen MR) is 101 cm³/mol. The first-order valence-corrected chi connectivity index (χ1v) is 9.39. The highest BCUT2D eigenvalue weighted by Crippen LogP contribution is 2.31. The maximum atomic E-state index is 12.3. The first kappa shape index (κ1) is 17.3. The number of carbonyl (C=O) groups excluding carboxylic acids is 1. The molecule has 1 aromatic carbocycles. The molecule has 2 aliphatic rings. The second-order valence-corrected chi connectivity index (χ2v) is 7.54. The van der Waals surface area contributed by atoms with Gasteiger partial charge in [-0.15, -0.1) is 0 Å². The standard InChI is InChI=1S/C20H27ClN2O/c1-14-17(12-18(21)13-19(14)22-2)10-16-6-8-23(9-7-16)20(24)11-15-4-3-5-15/h10,12-13,15,22H,3-9,11H2,1-2H3. The quantitative estimate of drug-likeness (QED) is 0.842. The molecule has 1 amide bonds. The molecule has 2 fully saturated rings. The first-order valence-electron chi connectivity index (χ1n) is 9.02. The van der Waals surface area contributed by atoms with Crippen LogP contribution in [0, 0.1) is 12.8 Å². The molecular weight excluding hydrogens is 320 g/mol. The highest BCUT2D eigenvalue weighted by Gasteiger charge is 2.25. The van der Waals surface area contributed by atoms with Gasteiger partial charge < -0.3 is 10.2 Å². The average molecular weight is 347 g/mol. The summed E-state index contributed by atoms with van der Waals surface area (Å²) >= 11 is 6.23. The Hall–Kier alpha value is -1.48. The Morgan fingerprint density at radius 3 is 2.62 bits per heavy atom. The van der Waals surface area contributed by atoms with Crippen LogP contribution in [0.2, 0.25) is 5.02 Å². The normalized spacial score (nSPS) is 18.3. The van der Waals surface area contributed by atoms with Crippen LogP contribution in [0.15, 0.2) is 17.7 Å². The Morgan fingerprint density at radius 1 is 1.33 bits per heavy atom. The highest BCUT2D eigenvalue weighted by molar-refractivity contribution is 6.31. The van der Waals surface area contributed by atoms with Gasteiger partial charge in [0.25, 0.3) is 0 Å². The van der Waals surface area contributed by atoms with E-state index in [1.165, 1.54) is 36.0 Å². The fourth-order valence-corrected chi connectivity index (χ4v) is 3.82. The minimum absolute atomic E-state index is 0.357. The Balaban J connectivity index is 1.63. The van der Waals surface area contributed by atoms with Gasteiger partial charge in [-0.2, -0.15) is 0 Å². The third kappa shape index (κ3) is 3.94. The van der Waals surface area contributed by atoms with E-state index in [2.05, 4.69) is 23.2 Å². The number of piperidine rings is 1. The Kier molecular flexibility index (Phi) is 5.50. The fourth-order valence-electron chi connectivity index (χ4n) is 3.59. The summed E-state index contributed by atoms with van der Waals surface area (Å²) in [6.07, 6.45) is 8.75. The number of halogens is 1. The highest BCUT2D eigenvalue weighted by atomic mass is 35.5. The number of likely N-dealkylation sites (tertiary alicyclic amines) is 1. The lowest BCUT2D eigenvalue weighted by Gasteiger charge is -2.32. The zero-order valence-electron chi connectivity index (χ0n) is 14.7. The van der Waals surface area contributed by atoms with E-state index in [-0.39, 0.29) is 0 Å². The van der Waals surface area contributed by atoms with Gasteiger partial charge in [-0.05, 0) is 61.8 Å². The van der Waals surface area contributed by atoms with Crippen molar-refractivity contribution in [1.29, 1.82) is 0 Å². The van der Waals surface area contributed by atoms with Crippen LogP contribution in [0.4, 0.5) is 5.69 Å². The van der Waals surface area contributed by atoms with E-state index in [1.807, 2.05) is 19.2 Å². The van der Waals surface area contributed by atoms with E-state index in [0.29, 0.717) is 11.8 Å². The van der Waals surface area contributed by atoms with Crippen LogP contribution in [0.3, 0.4) is 0 Å². The molecule has 1 aromatic rings. The van der Waals surface area contributed by atoms with E-state index >= 15 is 0 Å². The molecule has 1 aliphatic heterocycles. The van der Waals surface area contributed by atoms with E-state index in [0.717, 1.165) is 43.1 Å². The van der Waals surface area contributed by atoms with Crippen molar-refractivity contribution >= 4 is 29.3 Å². The summed E-state index contributed by atoms with van der Waals surface area (Å²) in [5.41, 5.74) is 4.88. The third-order valence-electron chi connectivity index (χ3n) is 5.49. The van der Waals surface area contributed by atoms with Gasteiger partial charge in [0.05, 0.1) is 0 Å². The van der Waals surface area contributed by atoms with Gasteiger partial charge in [-0.25, -0.2) is 0 Å². The molecule has 0 radical (unpaired) electrons. The number of carbonyl (C=O) groups is 1.